The zero-order chi connectivity index (χ0) is 17.6. The third kappa shape index (κ3) is 4.45. The first-order valence-corrected chi connectivity index (χ1v) is 9.82. The van der Waals surface area contributed by atoms with Crippen LogP contribution in [0.25, 0.3) is 10.9 Å². The third-order valence-electron chi connectivity index (χ3n) is 4.52. The number of carbonyl (C=O) groups excluding carboxylic acids is 1. The monoisotopic (exact) mass is 352 g/mol. The molecule has 130 valence electrons. The van der Waals surface area contributed by atoms with Gasteiger partial charge in [0.25, 0.3) is 0 Å². The molecule has 1 heterocycles. The number of para-hydroxylation sites is 1. The van der Waals surface area contributed by atoms with E-state index in [1.165, 1.54) is 21.4 Å². The van der Waals surface area contributed by atoms with E-state index in [4.69, 9.17) is 0 Å². The average molecular weight is 353 g/mol. The molecule has 0 saturated heterocycles. The number of carbonyl (C=O) groups is 1. The number of H-pyrrole nitrogens is 1. The predicted molar refractivity (Wildman–Crippen MR) is 106 cm³/mol. The molecule has 3 nitrogen and oxygen atoms in total. The van der Waals surface area contributed by atoms with Gasteiger partial charge in [-0.3, -0.25) is 4.79 Å². The highest BCUT2D eigenvalue weighted by Gasteiger charge is 2.10. The van der Waals surface area contributed by atoms with Crippen LogP contribution in [0.2, 0.25) is 0 Å². The van der Waals surface area contributed by atoms with Crippen molar-refractivity contribution in [1.29, 1.82) is 0 Å². The molecule has 4 heteroatoms. The van der Waals surface area contributed by atoms with E-state index in [2.05, 4.69) is 59.9 Å². The van der Waals surface area contributed by atoms with Crippen molar-refractivity contribution < 1.29 is 4.79 Å². The number of hydrogen-bond acceptors (Lipinski definition) is 2. The second-order valence-corrected chi connectivity index (χ2v) is 7.19. The molecule has 0 spiro atoms. The van der Waals surface area contributed by atoms with Gasteiger partial charge < -0.3 is 9.88 Å². The van der Waals surface area contributed by atoms with Crippen molar-refractivity contribution in [3.63, 3.8) is 0 Å². The van der Waals surface area contributed by atoms with Gasteiger partial charge in [-0.15, -0.1) is 11.8 Å². The molecule has 2 aromatic carbocycles. The number of amides is 1. The van der Waals surface area contributed by atoms with E-state index in [-0.39, 0.29) is 5.91 Å². The number of aromatic amines is 1. The van der Waals surface area contributed by atoms with Gasteiger partial charge in [-0.1, -0.05) is 30.3 Å². The van der Waals surface area contributed by atoms with E-state index in [9.17, 15) is 4.79 Å². The van der Waals surface area contributed by atoms with Crippen molar-refractivity contribution in [2.45, 2.75) is 30.7 Å². The van der Waals surface area contributed by atoms with Crippen LogP contribution in [0.15, 0.2) is 59.6 Å². The Morgan fingerprint density at radius 1 is 1.12 bits per heavy atom. The summed E-state index contributed by atoms with van der Waals surface area (Å²) in [6, 6.07) is 16.7. The van der Waals surface area contributed by atoms with Gasteiger partial charge in [0.05, 0.1) is 0 Å². The highest BCUT2D eigenvalue weighted by atomic mass is 32.2. The van der Waals surface area contributed by atoms with E-state index in [1.807, 2.05) is 18.0 Å². The Labute approximate surface area is 153 Å². The highest BCUT2D eigenvalue weighted by Crippen LogP contribution is 2.20. The van der Waals surface area contributed by atoms with Crippen molar-refractivity contribution in [3.05, 3.63) is 65.9 Å². The standard InChI is InChI=1S/C21H24N2OS/c1-23(15-16-10-12-18(25-2)13-11-16)21(24)9-5-6-17-14-22-20-8-4-3-7-19(17)20/h3-4,7-8,10-14,22H,5-6,9,15H2,1-2H3. The van der Waals surface area contributed by atoms with Gasteiger partial charge in [-0.25, -0.2) is 0 Å². The maximum Gasteiger partial charge on any atom is 0.222 e. The molecule has 0 atom stereocenters. The summed E-state index contributed by atoms with van der Waals surface area (Å²) in [6.45, 7) is 0.667. The Morgan fingerprint density at radius 2 is 1.88 bits per heavy atom. The smallest absolute Gasteiger partial charge is 0.222 e. The molecule has 0 bridgehead atoms. The Bertz CT molecular complexity index is 838. The zero-order valence-corrected chi connectivity index (χ0v) is 15.6. The van der Waals surface area contributed by atoms with Crippen LogP contribution in [0.5, 0.6) is 0 Å². The van der Waals surface area contributed by atoms with Crippen LogP contribution in [0, 0.1) is 0 Å². The lowest BCUT2D eigenvalue weighted by Gasteiger charge is -2.17. The Kier molecular flexibility index (Phi) is 5.82. The number of hydrogen-bond donors (Lipinski definition) is 1. The molecule has 25 heavy (non-hydrogen) atoms. The second kappa shape index (κ2) is 8.26. The predicted octanol–water partition coefficient (Wildman–Crippen LogP) is 4.87. The number of aryl methyl sites for hydroxylation is 1. The van der Waals surface area contributed by atoms with Crippen LogP contribution < -0.4 is 0 Å². The van der Waals surface area contributed by atoms with Gasteiger partial charge in [0.15, 0.2) is 0 Å². The summed E-state index contributed by atoms with van der Waals surface area (Å²) in [7, 11) is 1.89. The zero-order valence-electron chi connectivity index (χ0n) is 14.8. The maximum absolute atomic E-state index is 12.4. The highest BCUT2D eigenvalue weighted by molar-refractivity contribution is 7.98. The largest absolute Gasteiger partial charge is 0.361 e. The van der Waals surface area contributed by atoms with Gasteiger partial charge in [0, 0.05) is 42.0 Å². The Hall–Kier alpha value is -2.20. The summed E-state index contributed by atoms with van der Waals surface area (Å²) in [6.07, 6.45) is 6.51. The van der Waals surface area contributed by atoms with Gasteiger partial charge in [0.2, 0.25) is 5.91 Å². The molecular formula is C21H24N2OS. The molecule has 1 aromatic heterocycles. The molecule has 1 N–H and O–H groups in total. The summed E-state index contributed by atoms with van der Waals surface area (Å²) in [4.78, 5) is 18.7. The number of nitrogens with zero attached hydrogens (tertiary/aromatic N) is 1. The first-order valence-electron chi connectivity index (χ1n) is 8.59. The fraction of sp³-hybridized carbons (Fsp3) is 0.286. The molecule has 0 aliphatic carbocycles. The fourth-order valence-corrected chi connectivity index (χ4v) is 3.46. The van der Waals surface area contributed by atoms with Crippen LogP contribution in [0.4, 0.5) is 0 Å². The number of fused-ring (bicyclic) bond motifs is 1. The number of rotatable bonds is 7. The van der Waals surface area contributed by atoms with Crippen LogP contribution in [-0.2, 0) is 17.8 Å². The molecule has 0 aliphatic rings. The van der Waals surface area contributed by atoms with Gasteiger partial charge >= 0.3 is 0 Å². The van der Waals surface area contributed by atoms with E-state index < -0.39 is 0 Å². The quantitative estimate of drug-likeness (QED) is 0.616. The second-order valence-electron chi connectivity index (χ2n) is 6.31. The van der Waals surface area contributed by atoms with E-state index in [1.54, 1.807) is 11.8 Å². The van der Waals surface area contributed by atoms with Crippen LogP contribution in [0.3, 0.4) is 0 Å². The van der Waals surface area contributed by atoms with Crippen LogP contribution in [-0.4, -0.2) is 29.1 Å². The first-order chi connectivity index (χ1) is 12.2. The van der Waals surface area contributed by atoms with E-state index in [0.29, 0.717) is 13.0 Å². The molecule has 3 rings (SSSR count). The third-order valence-corrected chi connectivity index (χ3v) is 5.26. The summed E-state index contributed by atoms with van der Waals surface area (Å²) in [5.74, 6) is 0.203. The summed E-state index contributed by atoms with van der Waals surface area (Å²) in [5, 5.41) is 1.26. The average Bonchev–Trinajstić information content (AvgIpc) is 3.05. The normalized spacial score (nSPS) is 11.0. The van der Waals surface area contributed by atoms with Crippen molar-refractivity contribution >= 4 is 28.6 Å². The van der Waals surface area contributed by atoms with Crippen molar-refractivity contribution in [2.75, 3.05) is 13.3 Å². The maximum atomic E-state index is 12.4. The molecule has 0 unspecified atom stereocenters. The van der Waals surface area contributed by atoms with Crippen LogP contribution in [0.1, 0.15) is 24.0 Å². The van der Waals surface area contributed by atoms with Gasteiger partial charge in [0.1, 0.15) is 0 Å². The van der Waals surface area contributed by atoms with Gasteiger partial charge in [-0.05, 0) is 48.4 Å². The number of aromatic nitrogens is 1. The summed E-state index contributed by atoms with van der Waals surface area (Å²) < 4.78 is 0. The minimum Gasteiger partial charge on any atom is -0.361 e. The van der Waals surface area contributed by atoms with Crippen molar-refractivity contribution in [2.24, 2.45) is 0 Å². The van der Waals surface area contributed by atoms with E-state index in [0.717, 1.165) is 18.4 Å². The van der Waals surface area contributed by atoms with Crippen molar-refractivity contribution in [3.8, 4) is 0 Å². The van der Waals surface area contributed by atoms with Crippen LogP contribution >= 0.6 is 11.8 Å². The van der Waals surface area contributed by atoms with Gasteiger partial charge in [-0.2, -0.15) is 0 Å². The van der Waals surface area contributed by atoms with Crippen molar-refractivity contribution in [1.82, 2.24) is 9.88 Å². The molecule has 0 radical (unpaired) electrons. The lowest BCUT2D eigenvalue weighted by Crippen LogP contribution is -2.25. The summed E-state index contributed by atoms with van der Waals surface area (Å²) in [5.41, 5.74) is 3.62. The molecule has 0 saturated carbocycles. The number of thioether (sulfide) groups is 1. The fourth-order valence-electron chi connectivity index (χ4n) is 3.05. The first kappa shape index (κ1) is 17.6. The van der Waals surface area contributed by atoms with E-state index >= 15 is 0 Å². The molecule has 3 aromatic rings. The number of nitrogens with one attached hydrogen (secondary N) is 1. The topological polar surface area (TPSA) is 36.1 Å². The number of benzene rings is 2. The molecular weight excluding hydrogens is 328 g/mol. The molecule has 0 fully saturated rings. The minimum atomic E-state index is 0.203. The molecule has 1 amide bonds. The SMILES string of the molecule is CSc1ccc(CN(C)C(=O)CCCc2c[nH]c3ccccc23)cc1. The lowest BCUT2D eigenvalue weighted by atomic mass is 10.1. The Balaban J connectivity index is 1.49. The lowest BCUT2D eigenvalue weighted by molar-refractivity contribution is -0.130. The summed E-state index contributed by atoms with van der Waals surface area (Å²) >= 11 is 1.73. The Morgan fingerprint density at radius 3 is 2.64 bits per heavy atom. The minimum absolute atomic E-state index is 0.203. The molecule has 0 aliphatic heterocycles.